The molecule has 182 valence electrons. The molecule has 3 atom stereocenters. The van der Waals surface area contributed by atoms with E-state index in [-0.39, 0.29) is 36.5 Å². The van der Waals surface area contributed by atoms with Gasteiger partial charge < -0.3 is 25.0 Å². The van der Waals surface area contributed by atoms with Crippen molar-refractivity contribution >= 4 is 17.5 Å². The number of para-hydroxylation sites is 1. The summed E-state index contributed by atoms with van der Waals surface area (Å²) in [5.74, 6) is 0.639. The minimum Gasteiger partial charge on any atom is -0.486 e. The van der Waals surface area contributed by atoms with Gasteiger partial charge in [0.15, 0.2) is 5.75 Å². The van der Waals surface area contributed by atoms with E-state index in [1.165, 1.54) is 12.8 Å². The lowest BCUT2D eigenvalue weighted by atomic mass is 9.99. The van der Waals surface area contributed by atoms with Crippen molar-refractivity contribution in [1.82, 2.24) is 14.8 Å². The van der Waals surface area contributed by atoms with Crippen LogP contribution in [-0.2, 0) is 0 Å². The maximum absolute atomic E-state index is 13.5. The van der Waals surface area contributed by atoms with Crippen LogP contribution in [0.25, 0.3) is 0 Å². The SMILES string of the molecule is C[C@H](CO)N1C[C@H](C)[C@@H](CN(C)CC2CC2)Oc2c(NC(=O)c3ccncc3)cccc2C1=O. The van der Waals surface area contributed by atoms with Crippen molar-refractivity contribution in [3.63, 3.8) is 0 Å². The first kappa shape index (κ1) is 24.2. The Hall–Kier alpha value is -2.97. The van der Waals surface area contributed by atoms with Gasteiger partial charge in [0.2, 0.25) is 0 Å². The Morgan fingerprint density at radius 3 is 2.68 bits per heavy atom. The van der Waals surface area contributed by atoms with Crippen LogP contribution >= 0.6 is 0 Å². The molecule has 1 aromatic carbocycles. The summed E-state index contributed by atoms with van der Waals surface area (Å²) in [6, 6.07) is 8.15. The second-order valence-electron chi connectivity index (χ2n) is 9.66. The van der Waals surface area contributed by atoms with E-state index < -0.39 is 0 Å². The van der Waals surface area contributed by atoms with Crippen molar-refractivity contribution in [2.45, 2.75) is 38.8 Å². The highest BCUT2D eigenvalue weighted by Gasteiger charge is 2.35. The summed E-state index contributed by atoms with van der Waals surface area (Å²) in [6.45, 7) is 6.00. The second kappa shape index (κ2) is 10.5. The van der Waals surface area contributed by atoms with E-state index in [4.69, 9.17) is 4.74 Å². The fourth-order valence-corrected chi connectivity index (χ4v) is 4.38. The molecule has 2 amide bonds. The quantitative estimate of drug-likeness (QED) is 0.621. The third-order valence-electron chi connectivity index (χ3n) is 6.64. The van der Waals surface area contributed by atoms with Gasteiger partial charge in [0, 0.05) is 43.5 Å². The predicted molar refractivity (Wildman–Crippen MR) is 130 cm³/mol. The highest BCUT2D eigenvalue weighted by Crippen LogP contribution is 2.35. The minimum absolute atomic E-state index is 0.0247. The Bertz CT molecular complexity index is 1010. The van der Waals surface area contributed by atoms with Crippen LogP contribution in [0.4, 0.5) is 5.69 Å². The number of ether oxygens (including phenoxy) is 1. The van der Waals surface area contributed by atoms with E-state index in [0.717, 1.165) is 12.5 Å². The van der Waals surface area contributed by atoms with Crippen LogP contribution in [-0.4, -0.2) is 77.1 Å². The summed E-state index contributed by atoms with van der Waals surface area (Å²) in [7, 11) is 2.10. The molecule has 0 bridgehead atoms. The number of fused-ring (bicyclic) bond motifs is 1. The average molecular weight is 467 g/mol. The number of hydrogen-bond donors (Lipinski definition) is 2. The number of nitrogens with zero attached hydrogens (tertiary/aromatic N) is 3. The normalized spacial score (nSPS) is 21.3. The zero-order valence-corrected chi connectivity index (χ0v) is 20.1. The molecule has 8 nitrogen and oxygen atoms in total. The van der Waals surface area contributed by atoms with Crippen molar-refractivity contribution in [2.24, 2.45) is 11.8 Å². The first-order valence-electron chi connectivity index (χ1n) is 12.0. The molecule has 2 aliphatic rings. The molecule has 8 heteroatoms. The Kier molecular flexibility index (Phi) is 7.48. The number of pyridine rings is 1. The molecule has 0 radical (unpaired) electrons. The van der Waals surface area contributed by atoms with E-state index in [1.807, 2.05) is 6.92 Å². The molecule has 2 aromatic rings. The summed E-state index contributed by atoms with van der Waals surface area (Å²) in [4.78, 5) is 34.4. The summed E-state index contributed by atoms with van der Waals surface area (Å²) in [5, 5.41) is 12.7. The number of carbonyl (C=O) groups excluding carboxylic acids is 2. The molecule has 34 heavy (non-hydrogen) atoms. The Morgan fingerprint density at radius 1 is 1.26 bits per heavy atom. The fourth-order valence-electron chi connectivity index (χ4n) is 4.38. The molecule has 2 N–H and O–H groups in total. The number of likely N-dealkylation sites (N-methyl/N-ethyl adjacent to an activating group) is 1. The van der Waals surface area contributed by atoms with Crippen LogP contribution in [0.5, 0.6) is 5.75 Å². The standard InChI is InChI=1S/C26H34N4O4/c1-17-13-30(18(2)16-31)26(33)21-5-4-6-22(28-25(32)20-9-11-27-12-10-20)24(21)34-23(17)15-29(3)14-19-7-8-19/h4-6,9-12,17-19,23,31H,7-8,13-16H2,1-3H3,(H,28,32)/t17-,18+,23+/m0/s1. The van der Waals surface area contributed by atoms with Gasteiger partial charge in [-0.3, -0.25) is 14.6 Å². The van der Waals surface area contributed by atoms with E-state index in [2.05, 4.69) is 29.2 Å². The van der Waals surface area contributed by atoms with Gasteiger partial charge in [0.25, 0.3) is 11.8 Å². The highest BCUT2D eigenvalue weighted by atomic mass is 16.5. The summed E-state index contributed by atoms with van der Waals surface area (Å²) in [5.41, 5.74) is 1.30. The largest absolute Gasteiger partial charge is 0.486 e. The van der Waals surface area contributed by atoms with Gasteiger partial charge in [0.05, 0.1) is 23.9 Å². The average Bonchev–Trinajstić information content (AvgIpc) is 3.65. The number of aromatic nitrogens is 1. The van der Waals surface area contributed by atoms with E-state index in [0.29, 0.717) is 35.7 Å². The number of hydrogen-bond acceptors (Lipinski definition) is 6. The van der Waals surface area contributed by atoms with Crippen molar-refractivity contribution in [3.8, 4) is 5.75 Å². The molecule has 1 saturated carbocycles. The number of anilines is 1. The molecule has 1 aliphatic heterocycles. The molecular formula is C26H34N4O4. The van der Waals surface area contributed by atoms with Crippen molar-refractivity contribution in [1.29, 1.82) is 0 Å². The summed E-state index contributed by atoms with van der Waals surface area (Å²) in [6.07, 6.45) is 5.48. The number of rotatable bonds is 8. The molecule has 0 spiro atoms. The number of amides is 2. The molecule has 0 saturated heterocycles. The summed E-state index contributed by atoms with van der Waals surface area (Å²) < 4.78 is 6.54. The van der Waals surface area contributed by atoms with E-state index >= 15 is 0 Å². The van der Waals surface area contributed by atoms with E-state index in [9.17, 15) is 14.7 Å². The first-order valence-corrected chi connectivity index (χ1v) is 12.0. The predicted octanol–water partition coefficient (Wildman–Crippen LogP) is 2.90. The van der Waals surface area contributed by atoms with Gasteiger partial charge >= 0.3 is 0 Å². The van der Waals surface area contributed by atoms with Crippen molar-refractivity contribution in [2.75, 3.05) is 38.6 Å². The highest BCUT2D eigenvalue weighted by molar-refractivity contribution is 6.07. The van der Waals surface area contributed by atoms with Crippen LogP contribution in [0, 0.1) is 11.8 Å². The lowest BCUT2D eigenvalue weighted by molar-refractivity contribution is 0.0345. The van der Waals surface area contributed by atoms with Crippen molar-refractivity contribution in [3.05, 3.63) is 53.9 Å². The van der Waals surface area contributed by atoms with Gasteiger partial charge in [-0.05, 0) is 57.0 Å². The minimum atomic E-state index is -0.333. The second-order valence-corrected chi connectivity index (χ2v) is 9.66. The van der Waals surface area contributed by atoms with Crippen LogP contribution in [0.15, 0.2) is 42.7 Å². The lowest BCUT2D eigenvalue weighted by Gasteiger charge is -2.38. The molecule has 4 rings (SSSR count). The fraction of sp³-hybridized carbons (Fsp3) is 0.500. The molecule has 0 unspecified atom stereocenters. The van der Waals surface area contributed by atoms with Crippen LogP contribution in [0.3, 0.4) is 0 Å². The smallest absolute Gasteiger partial charge is 0.258 e. The van der Waals surface area contributed by atoms with E-state index in [1.54, 1.807) is 47.6 Å². The number of benzene rings is 1. The third kappa shape index (κ3) is 5.56. The number of nitrogens with one attached hydrogen (secondary N) is 1. The van der Waals surface area contributed by atoms with Crippen LogP contribution in [0.1, 0.15) is 47.4 Å². The number of carbonyl (C=O) groups is 2. The zero-order chi connectivity index (χ0) is 24.2. The van der Waals surface area contributed by atoms with Gasteiger partial charge in [0.1, 0.15) is 6.10 Å². The van der Waals surface area contributed by atoms with Crippen molar-refractivity contribution < 1.29 is 19.4 Å². The Morgan fingerprint density at radius 2 is 2.00 bits per heavy atom. The topological polar surface area (TPSA) is 95.0 Å². The molecule has 2 heterocycles. The molecule has 1 aromatic heterocycles. The Balaban J connectivity index is 1.68. The van der Waals surface area contributed by atoms with Crippen LogP contribution in [0.2, 0.25) is 0 Å². The monoisotopic (exact) mass is 466 g/mol. The first-order chi connectivity index (χ1) is 16.4. The van der Waals surface area contributed by atoms with Gasteiger partial charge in [-0.25, -0.2) is 0 Å². The maximum Gasteiger partial charge on any atom is 0.258 e. The number of aliphatic hydroxyl groups is 1. The zero-order valence-electron chi connectivity index (χ0n) is 20.1. The molecule has 1 fully saturated rings. The lowest BCUT2D eigenvalue weighted by Crippen LogP contribution is -2.50. The van der Waals surface area contributed by atoms with Gasteiger partial charge in [-0.2, -0.15) is 0 Å². The summed E-state index contributed by atoms with van der Waals surface area (Å²) >= 11 is 0. The number of aliphatic hydroxyl groups excluding tert-OH is 1. The van der Waals surface area contributed by atoms with Gasteiger partial charge in [-0.15, -0.1) is 0 Å². The third-order valence-corrected chi connectivity index (χ3v) is 6.64. The van der Waals surface area contributed by atoms with Crippen LogP contribution < -0.4 is 10.1 Å². The molecule has 1 aliphatic carbocycles. The molecular weight excluding hydrogens is 432 g/mol. The maximum atomic E-state index is 13.5. The van der Waals surface area contributed by atoms with Gasteiger partial charge in [-0.1, -0.05) is 13.0 Å². The Labute approximate surface area is 200 Å².